The zero-order chi connectivity index (χ0) is 41.0. The van der Waals surface area contributed by atoms with Crippen LogP contribution in [0.15, 0.2) is 174 Å². The molecular formula is C57H47N3O. The van der Waals surface area contributed by atoms with Crippen LogP contribution in [0, 0.1) is 0 Å². The van der Waals surface area contributed by atoms with Crippen LogP contribution in [-0.2, 0) is 10.8 Å². The highest BCUT2D eigenvalue weighted by atomic mass is 16.3. The Hall–Kier alpha value is -6.91. The molecule has 4 heteroatoms. The van der Waals surface area contributed by atoms with Gasteiger partial charge in [-0.1, -0.05) is 143 Å². The lowest BCUT2D eigenvalue weighted by atomic mass is 9.63. The molecule has 7 aromatic carbocycles. The summed E-state index contributed by atoms with van der Waals surface area (Å²) >= 11 is 0. The molecule has 296 valence electrons. The van der Waals surface area contributed by atoms with E-state index in [4.69, 9.17) is 9.40 Å². The number of aromatic nitrogens is 3. The summed E-state index contributed by atoms with van der Waals surface area (Å²) in [5.74, 6) is 0.627. The fourth-order valence-electron chi connectivity index (χ4n) is 10.7. The molecule has 0 saturated heterocycles. The lowest BCUT2D eigenvalue weighted by molar-refractivity contribution is 0.332. The van der Waals surface area contributed by atoms with Crippen LogP contribution < -0.4 is 0 Å². The largest absolute Gasteiger partial charge is 0.436 e. The van der Waals surface area contributed by atoms with Crippen molar-refractivity contribution in [1.29, 1.82) is 0 Å². The molecule has 1 unspecified atom stereocenters. The number of fused-ring (bicyclic) bond motifs is 9. The van der Waals surface area contributed by atoms with Crippen molar-refractivity contribution in [2.45, 2.75) is 63.8 Å². The van der Waals surface area contributed by atoms with Crippen molar-refractivity contribution in [1.82, 2.24) is 14.1 Å². The second-order valence-electron chi connectivity index (χ2n) is 18.5. The van der Waals surface area contributed by atoms with Gasteiger partial charge < -0.3 is 13.6 Å². The van der Waals surface area contributed by atoms with Crippen LogP contribution in [0.5, 0.6) is 0 Å². The highest BCUT2D eigenvalue weighted by Crippen LogP contribution is 2.48. The minimum Gasteiger partial charge on any atom is -0.436 e. The smallest absolute Gasteiger partial charge is 0.227 e. The van der Waals surface area contributed by atoms with E-state index in [1.165, 1.54) is 78.8 Å². The van der Waals surface area contributed by atoms with Crippen LogP contribution in [0.1, 0.15) is 69.7 Å². The van der Waals surface area contributed by atoms with E-state index in [2.05, 4.69) is 170 Å². The van der Waals surface area contributed by atoms with E-state index in [1.807, 2.05) is 36.4 Å². The molecule has 0 bridgehead atoms. The van der Waals surface area contributed by atoms with Gasteiger partial charge in [-0.05, 0) is 118 Å². The predicted molar refractivity (Wildman–Crippen MR) is 255 cm³/mol. The normalized spacial score (nSPS) is 17.1. The number of para-hydroxylation sites is 3. The monoisotopic (exact) mass is 789 g/mol. The van der Waals surface area contributed by atoms with Gasteiger partial charge in [0, 0.05) is 32.6 Å². The van der Waals surface area contributed by atoms with Gasteiger partial charge in [0.05, 0.1) is 28.3 Å². The van der Waals surface area contributed by atoms with Gasteiger partial charge in [0.15, 0.2) is 5.58 Å². The third-order valence-electron chi connectivity index (χ3n) is 13.9. The molecule has 2 aliphatic rings. The van der Waals surface area contributed by atoms with Gasteiger partial charge >= 0.3 is 0 Å². The number of nitrogens with zero attached hydrogens (tertiary/aromatic N) is 3. The first-order valence-electron chi connectivity index (χ1n) is 21.8. The molecule has 0 aliphatic heterocycles. The molecule has 2 aliphatic carbocycles. The number of oxazole rings is 1. The van der Waals surface area contributed by atoms with Crippen LogP contribution in [-0.4, -0.2) is 14.1 Å². The Balaban J connectivity index is 1.00. The first kappa shape index (κ1) is 36.0. The van der Waals surface area contributed by atoms with Gasteiger partial charge in [-0.15, -0.1) is 0 Å². The van der Waals surface area contributed by atoms with Crippen molar-refractivity contribution in [2.75, 3.05) is 0 Å². The molecule has 0 N–H and O–H groups in total. The van der Waals surface area contributed by atoms with Crippen LogP contribution in [0.4, 0.5) is 0 Å². The summed E-state index contributed by atoms with van der Waals surface area (Å²) in [7, 11) is 0. The van der Waals surface area contributed by atoms with Crippen molar-refractivity contribution < 1.29 is 4.42 Å². The number of hydrogen-bond acceptors (Lipinski definition) is 2. The zero-order valence-electron chi connectivity index (χ0n) is 35.1. The van der Waals surface area contributed by atoms with Crippen LogP contribution >= 0.6 is 0 Å². The van der Waals surface area contributed by atoms with Gasteiger partial charge in [-0.3, -0.25) is 0 Å². The van der Waals surface area contributed by atoms with Gasteiger partial charge in [0.1, 0.15) is 5.52 Å². The summed E-state index contributed by atoms with van der Waals surface area (Å²) in [5.41, 5.74) is 16.8. The van der Waals surface area contributed by atoms with Gasteiger partial charge in [-0.25, -0.2) is 4.98 Å². The van der Waals surface area contributed by atoms with E-state index in [0.717, 1.165) is 39.8 Å². The Morgan fingerprint density at radius 3 is 2.05 bits per heavy atom. The Bertz CT molecular complexity index is 3460. The topological polar surface area (TPSA) is 35.9 Å². The maximum atomic E-state index is 6.38. The lowest BCUT2D eigenvalue weighted by Crippen LogP contribution is -2.33. The molecule has 12 rings (SSSR count). The quantitative estimate of drug-likeness (QED) is 0.174. The minimum atomic E-state index is 0.143. The Morgan fingerprint density at radius 2 is 1.21 bits per heavy atom. The van der Waals surface area contributed by atoms with Crippen molar-refractivity contribution in [2.24, 2.45) is 0 Å². The standard InChI is InChI=1S/C57H47N3O/c1-56(2)31-32-57(3,4)45-35-40(27-28-44(45)56)38-18-12-17-37(33-38)39-19-13-20-41(34-39)59-46-23-10-8-21-42(46)52-48(59)29-30-49-53(52)43-22-9-11-24-47(43)60(49)50-25-14-26-51-54(50)58-55(61-51)36-15-6-5-7-16-36/h5-19,21-30,33-35,41H,20,31-32H2,1-4H3. The Kier molecular flexibility index (Phi) is 7.84. The molecule has 0 amide bonds. The van der Waals surface area contributed by atoms with Crippen molar-refractivity contribution >= 4 is 60.3 Å². The van der Waals surface area contributed by atoms with Crippen LogP contribution in [0.25, 0.3) is 88.6 Å². The number of benzene rings is 7. The van der Waals surface area contributed by atoms with E-state index in [0.29, 0.717) is 5.89 Å². The van der Waals surface area contributed by atoms with E-state index in [1.54, 1.807) is 0 Å². The second-order valence-corrected chi connectivity index (χ2v) is 18.5. The van der Waals surface area contributed by atoms with E-state index in [-0.39, 0.29) is 16.9 Å². The molecule has 3 aromatic heterocycles. The molecule has 10 aromatic rings. The molecule has 0 saturated carbocycles. The Morgan fingerprint density at radius 1 is 0.557 bits per heavy atom. The SMILES string of the molecule is CC1(C)CCC(C)(C)c2cc(-c3cccc(C4=CC(n5c6ccccc6c6c7c8ccccc8n(-c8cccc9oc(-c%10ccccc%10)nc89)c7ccc65)CC=C4)c3)ccc21. The first-order valence-corrected chi connectivity index (χ1v) is 21.8. The van der Waals surface area contributed by atoms with Crippen molar-refractivity contribution in [3.8, 4) is 28.3 Å². The lowest BCUT2D eigenvalue weighted by Gasteiger charge is -2.42. The predicted octanol–water partition coefficient (Wildman–Crippen LogP) is 15.3. The number of allylic oxidation sites excluding steroid dienone is 4. The molecule has 3 heterocycles. The van der Waals surface area contributed by atoms with Crippen LogP contribution in [0.2, 0.25) is 0 Å². The van der Waals surface area contributed by atoms with Gasteiger partial charge in [0.25, 0.3) is 0 Å². The van der Waals surface area contributed by atoms with Gasteiger partial charge in [-0.2, -0.15) is 0 Å². The van der Waals surface area contributed by atoms with Gasteiger partial charge in [0.2, 0.25) is 5.89 Å². The average molecular weight is 790 g/mol. The van der Waals surface area contributed by atoms with E-state index < -0.39 is 0 Å². The van der Waals surface area contributed by atoms with E-state index >= 15 is 0 Å². The zero-order valence-corrected chi connectivity index (χ0v) is 35.1. The van der Waals surface area contributed by atoms with Crippen molar-refractivity contribution in [3.63, 3.8) is 0 Å². The molecule has 0 radical (unpaired) electrons. The third-order valence-corrected chi connectivity index (χ3v) is 13.9. The summed E-state index contributed by atoms with van der Waals surface area (Å²) in [5, 5.41) is 5.03. The van der Waals surface area contributed by atoms with E-state index in [9.17, 15) is 0 Å². The minimum absolute atomic E-state index is 0.143. The molecule has 0 spiro atoms. The van der Waals surface area contributed by atoms with Crippen molar-refractivity contribution in [3.05, 3.63) is 187 Å². The first-order chi connectivity index (χ1) is 29.7. The van der Waals surface area contributed by atoms with Crippen LogP contribution in [0.3, 0.4) is 0 Å². The highest BCUT2D eigenvalue weighted by Gasteiger charge is 2.37. The Labute approximate surface area is 356 Å². The fourth-order valence-corrected chi connectivity index (χ4v) is 10.7. The summed E-state index contributed by atoms with van der Waals surface area (Å²) in [6.07, 6.45) is 10.5. The summed E-state index contributed by atoms with van der Waals surface area (Å²) in [6, 6.07) is 55.4. The highest BCUT2D eigenvalue weighted by molar-refractivity contribution is 6.28. The fraction of sp³-hybridized carbons (Fsp3) is 0.175. The third kappa shape index (κ3) is 5.54. The maximum Gasteiger partial charge on any atom is 0.227 e. The average Bonchev–Trinajstić information content (AvgIpc) is 3.99. The molecule has 4 nitrogen and oxygen atoms in total. The number of hydrogen-bond donors (Lipinski definition) is 0. The maximum absolute atomic E-state index is 6.38. The summed E-state index contributed by atoms with van der Waals surface area (Å²) in [6.45, 7) is 9.63. The number of rotatable bonds is 5. The molecule has 1 atom stereocenters. The molecular weight excluding hydrogens is 743 g/mol. The molecule has 61 heavy (non-hydrogen) atoms. The summed E-state index contributed by atoms with van der Waals surface area (Å²) in [4.78, 5) is 5.11. The summed E-state index contributed by atoms with van der Waals surface area (Å²) < 4.78 is 11.3. The second kappa shape index (κ2) is 13.3. The molecule has 0 fully saturated rings.